The Kier molecular flexibility index (Phi) is 5.46. The molecule has 1 rings (SSSR count). The number of piperidine rings is 1. The number of nitrogens with one attached hydrogen (secondary N) is 1. The number of rotatable bonds is 4. The summed E-state index contributed by atoms with van der Waals surface area (Å²) in [5, 5.41) is 3.54. The highest BCUT2D eigenvalue weighted by Crippen LogP contribution is 2.34. The molecule has 17 heavy (non-hydrogen) atoms. The quantitative estimate of drug-likeness (QED) is 0.812. The fourth-order valence-corrected chi connectivity index (χ4v) is 2.74. The Bertz CT molecular complexity index is 209. The van der Waals surface area contributed by atoms with Gasteiger partial charge in [-0.1, -0.05) is 34.6 Å². The van der Waals surface area contributed by atoms with E-state index in [-0.39, 0.29) is 0 Å². The number of nitrogens with zero attached hydrogens (tertiary/aromatic N) is 1. The topological polar surface area (TPSA) is 15.3 Å². The summed E-state index contributed by atoms with van der Waals surface area (Å²) >= 11 is 0. The zero-order valence-electron chi connectivity index (χ0n) is 12.7. The molecule has 0 amide bonds. The molecule has 1 N–H and O–H groups in total. The lowest BCUT2D eigenvalue weighted by Crippen LogP contribution is -2.47. The van der Waals surface area contributed by atoms with E-state index in [9.17, 15) is 0 Å². The van der Waals surface area contributed by atoms with E-state index >= 15 is 0 Å². The maximum atomic E-state index is 3.54. The Morgan fingerprint density at radius 3 is 2.06 bits per heavy atom. The van der Waals surface area contributed by atoms with Crippen LogP contribution >= 0.6 is 0 Å². The van der Waals surface area contributed by atoms with Crippen LogP contribution in [0.3, 0.4) is 0 Å². The molecule has 1 unspecified atom stereocenters. The van der Waals surface area contributed by atoms with Crippen LogP contribution < -0.4 is 5.32 Å². The summed E-state index contributed by atoms with van der Waals surface area (Å²) in [6.45, 7) is 17.6. The zero-order chi connectivity index (χ0) is 13.1. The van der Waals surface area contributed by atoms with E-state index in [0.29, 0.717) is 17.5 Å². The summed E-state index contributed by atoms with van der Waals surface area (Å²) in [4.78, 5) is 2.65. The Hall–Kier alpha value is -0.0800. The smallest absolute Gasteiger partial charge is 0.0192 e. The highest BCUT2D eigenvalue weighted by atomic mass is 15.2. The molecule has 1 aliphatic heterocycles. The van der Waals surface area contributed by atoms with Gasteiger partial charge in [0.05, 0.1) is 0 Å². The highest BCUT2D eigenvalue weighted by molar-refractivity contribution is 4.83. The van der Waals surface area contributed by atoms with Gasteiger partial charge in [-0.05, 0) is 44.2 Å². The molecular weight excluding hydrogens is 208 g/mol. The molecule has 0 radical (unpaired) electrons. The van der Waals surface area contributed by atoms with E-state index in [0.717, 1.165) is 12.5 Å². The van der Waals surface area contributed by atoms with E-state index in [1.165, 1.54) is 25.9 Å². The fraction of sp³-hybridized carbons (Fsp3) is 1.00. The lowest BCUT2D eigenvalue weighted by atomic mass is 9.75. The van der Waals surface area contributed by atoms with Crippen molar-refractivity contribution in [2.45, 2.75) is 66.5 Å². The van der Waals surface area contributed by atoms with Gasteiger partial charge in [-0.2, -0.15) is 0 Å². The summed E-state index contributed by atoms with van der Waals surface area (Å²) in [5.74, 6) is 0.906. The number of likely N-dealkylation sites (tertiary alicyclic amines) is 1. The summed E-state index contributed by atoms with van der Waals surface area (Å²) in [5.41, 5.74) is 0.492. The van der Waals surface area contributed by atoms with Crippen molar-refractivity contribution in [2.75, 3.05) is 19.6 Å². The van der Waals surface area contributed by atoms with E-state index in [1.807, 2.05) is 0 Å². The van der Waals surface area contributed by atoms with Gasteiger partial charge >= 0.3 is 0 Å². The van der Waals surface area contributed by atoms with Crippen molar-refractivity contribution in [3.63, 3.8) is 0 Å². The molecule has 0 aromatic carbocycles. The van der Waals surface area contributed by atoms with Crippen LogP contribution in [-0.2, 0) is 0 Å². The average Bonchev–Trinajstić information content (AvgIpc) is 2.25. The van der Waals surface area contributed by atoms with E-state index < -0.39 is 0 Å². The van der Waals surface area contributed by atoms with Crippen LogP contribution in [0.1, 0.15) is 54.4 Å². The second kappa shape index (κ2) is 6.19. The van der Waals surface area contributed by atoms with Crippen LogP contribution in [0.2, 0.25) is 0 Å². The second-order valence-corrected chi connectivity index (χ2v) is 7.09. The van der Waals surface area contributed by atoms with Gasteiger partial charge in [0.25, 0.3) is 0 Å². The summed E-state index contributed by atoms with van der Waals surface area (Å²) in [7, 11) is 0. The van der Waals surface area contributed by atoms with Crippen LogP contribution in [0.5, 0.6) is 0 Å². The van der Waals surface area contributed by atoms with Gasteiger partial charge in [-0.25, -0.2) is 0 Å². The lowest BCUT2D eigenvalue weighted by Gasteiger charge is -2.41. The van der Waals surface area contributed by atoms with Crippen LogP contribution in [0.25, 0.3) is 0 Å². The zero-order valence-corrected chi connectivity index (χ0v) is 12.7. The number of hydrogen-bond donors (Lipinski definition) is 1. The molecule has 1 atom stereocenters. The van der Waals surface area contributed by atoms with Gasteiger partial charge in [0, 0.05) is 18.6 Å². The maximum Gasteiger partial charge on any atom is 0.0192 e. The number of hydrogen-bond acceptors (Lipinski definition) is 2. The summed E-state index contributed by atoms with van der Waals surface area (Å²) < 4.78 is 0. The molecule has 1 aliphatic rings. The van der Waals surface area contributed by atoms with E-state index in [2.05, 4.69) is 51.8 Å². The highest BCUT2D eigenvalue weighted by Gasteiger charge is 2.29. The Morgan fingerprint density at radius 1 is 1.12 bits per heavy atom. The van der Waals surface area contributed by atoms with Gasteiger partial charge in [0.1, 0.15) is 0 Å². The third-order valence-corrected chi connectivity index (χ3v) is 4.20. The van der Waals surface area contributed by atoms with E-state index in [4.69, 9.17) is 0 Å². The molecule has 2 nitrogen and oxygen atoms in total. The molecule has 2 heteroatoms. The first-order valence-electron chi connectivity index (χ1n) is 7.28. The molecule has 1 saturated heterocycles. The molecular formula is C15H32N2. The van der Waals surface area contributed by atoms with Crippen molar-refractivity contribution in [3.05, 3.63) is 0 Å². The van der Waals surface area contributed by atoms with Crippen molar-refractivity contribution < 1.29 is 0 Å². The second-order valence-electron chi connectivity index (χ2n) is 7.09. The molecule has 0 aliphatic carbocycles. The lowest BCUT2D eigenvalue weighted by molar-refractivity contribution is 0.0869. The van der Waals surface area contributed by atoms with E-state index in [1.54, 1.807) is 0 Å². The molecule has 1 fully saturated rings. The molecule has 0 saturated carbocycles. The monoisotopic (exact) mass is 240 g/mol. The van der Waals surface area contributed by atoms with Gasteiger partial charge in [0.15, 0.2) is 0 Å². The SMILES string of the molecule is CC(C)NCC(C)N1CCC(C(C)(C)C)CC1. The van der Waals surface area contributed by atoms with Crippen molar-refractivity contribution in [1.29, 1.82) is 0 Å². The average molecular weight is 240 g/mol. The van der Waals surface area contributed by atoms with Crippen LogP contribution in [0, 0.1) is 11.3 Å². The maximum absolute atomic E-state index is 3.54. The standard InChI is InChI=1S/C15H32N2/c1-12(2)16-11-13(3)17-9-7-14(8-10-17)15(4,5)6/h12-14,16H,7-11H2,1-6H3. The third-order valence-electron chi connectivity index (χ3n) is 4.20. The Balaban J connectivity index is 2.31. The predicted molar refractivity (Wildman–Crippen MR) is 76.4 cm³/mol. The van der Waals surface area contributed by atoms with Crippen molar-refractivity contribution in [3.8, 4) is 0 Å². The van der Waals surface area contributed by atoms with Gasteiger partial charge in [-0.15, -0.1) is 0 Å². The minimum atomic E-state index is 0.492. The van der Waals surface area contributed by atoms with Gasteiger partial charge in [0.2, 0.25) is 0 Å². The first-order valence-corrected chi connectivity index (χ1v) is 7.28. The fourth-order valence-electron chi connectivity index (χ4n) is 2.74. The summed E-state index contributed by atoms with van der Waals surface area (Å²) in [6.07, 6.45) is 2.74. The molecule has 0 bridgehead atoms. The largest absolute Gasteiger partial charge is 0.313 e. The normalized spacial score (nSPS) is 22.1. The first kappa shape index (κ1) is 15.0. The van der Waals surface area contributed by atoms with Crippen molar-refractivity contribution >= 4 is 0 Å². The van der Waals surface area contributed by atoms with Crippen molar-refractivity contribution in [1.82, 2.24) is 10.2 Å². The van der Waals surface area contributed by atoms with Gasteiger partial charge < -0.3 is 5.32 Å². The molecule has 0 aromatic rings. The predicted octanol–water partition coefficient (Wildman–Crippen LogP) is 3.13. The minimum absolute atomic E-state index is 0.492. The summed E-state index contributed by atoms with van der Waals surface area (Å²) in [6, 6.07) is 1.28. The van der Waals surface area contributed by atoms with Crippen molar-refractivity contribution in [2.24, 2.45) is 11.3 Å². The molecule has 0 spiro atoms. The van der Waals surface area contributed by atoms with Crippen LogP contribution in [0.15, 0.2) is 0 Å². The molecule has 102 valence electrons. The first-order chi connectivity index (χ1) is 7.80. The Morgan fingerprint density at radius 2 is 1.65 bits per heavy atom. The third kappa shape index (κ3) is 4.97. The molecule has 1 heterocycles. The Labute approximate surface area is 108 Å². The van der Waals surface area contributed by atoms with Crippen LogP contribution in [0.4, 0.5) is 0 Å². The molecule has 0 aromatic heterocycles. The van der Waals surface area contributed by atoms with Gasteiger partial charge in [-0.3, -0.25) is 4.90 Å². The minimum Gasteiger partial charge on any atom is -0.313 e. The van der Waals surface area contributed by atoms with Crippen LogP contribution in [-0.4, -0.2) is 36.6 Å².